The number of aliphatic hydroxyl groups is 1. The van der Waals surface area contributed by atoms with Crippen molar-refractivity contribution in [2.45, 2.75) is 18.9 Å². The van der Waals surface area contributed by atoms with E-state index in [-0.39, 0.29) is 49.2 Å². The van der Waals surface area contributed by atoms with E-state index in [0.29, 0.717) is 11.6 Å². The lowest BCUT2D eigenvalue weighted by Gasteiger charge is -2.32. The first kappa shape index (κ1) is 21.6. The molecule has 0 spiro atoms. The Morgan fingerprint density at radius 2 is 1.82 bits per heavy atom. The van der Waals surface area contributed by atoms with Gasteiger partial charge in [-0.3, -0.25) is 4.79 Å². The second-order valence-electron chi connectivity index (χ2n) is 5.39. The van der Waals surface area contributed by atoms with Crippen molar-refractivity contribution in [3.05, 3.63) is 34.9 Å². The summed E-state index contributed by atoms with van der Waals surface area (Å²) in [7, 11) is 0. The summed E-state index contributed by atoms with van der Waals surface area (Å²) in [5.41, 5.74) is 6.47. The number of Topliss-reactive ketones (excluding diaryl/α,β-unsaturated/α-hetero) is 1. The topological polar surface area (TPSA) is 66.6 Å². The Hall–Kier alpha value is -0.360. The molecule has 1 atom stereocenters. The zero-order chi connectivity index (χ0) is 14.5. The molecular weight excluding hydrogens is 347 g/mol. The Morgan fingerprint density at radius 1 is 1.27 bits per heavy atom. The van der Waals surface area contributed by atoms with Crippen LogP contribution in [0.4, 0.5) is 0 Å². The molecule has 1 aliphatic rings. The molecule has 1 aliphatic heterocycles. The average Bonchev–Trinajstić information content (AvgIpc) is 2.48. The number of ketones is 1. The number of nitrogens with zero attached hydrogens (tertiary/aromatic N) is 1. The van der Waals surface area contributed by atoms with Crippen LogP contribution in [-0.4, -0.2) is 48.1 Å². The van der Waals surface area contributed by atoms with Gasteiger partial charge in [0, 0.05) is 29.1 Å². The Balaban J connectivity index is 0.00000220. The first-order chi connectivity index (χ1) is 9.60. The maximum absolute atomic E-state index is 12.4. The van der Waals surface area contributed by atoms with Crippen LogP contribution in [0.1, 0.15) is 23.2 Å². The number of carbonyl (C=O) groups excluding carboxylic acids is 1. The molecule has 0 radical (unpaired) electrons. The first-order valence-electron chi connectivity index (χ1n) is 6.98. The van der Waals surface area contributed by atoms with E-state index < -0.39 is 0 Å². The highest BCUT2D eigenvalue weighted by atomic mass is 35.5. The standard InChI is InChI=1S/C15H21ClN2O2.2ClH/c16-13-3-1-11(2-4-13)15(20)12-5-7-18(8-6-12)9-14(17)10-19;;/h1-4,12,14,19H,5-10,17H2;2*1H/t14-;;/m0../s1. The summed E-state index contributed by atoms with van der Waals surface area (Å²) in [6.07, 6.45) is 1.69. The highest BCUT2D eigenvalue weighted by molar-refractivity contribution is 6.30. The fourth-order valence-corrected chi connectivity index (χ4v) is 2.74. The number of carbonyl (C=O) groups is 1. The van der Waals surface area contributed by atoms with Crippen LogP contribution in [0.5, 0.6) is 0 Å². The molecule has 1 heterocycles. The lowest BCUT2D eigenvalue weighted by molar-refractivity contribution is 0.0827. The predicted molar refractivity (Wildman–Crippen MR) is 94.5 cm³/mol. The SMILES string of the molecule is Cl.Cl.N[C@H](CO)CN1CCC(C(=O)c2ccc(Cl)cc2)CC1. The first-order valence-corrected chi connectivity index (χ1v) is 7.36. The van der Waals surface area contributed by atoms with Crippen LogP contribution in [0.15, 0.2) is 24.3 Å². The van der Waals surface area contributed by atoms with Crippen molar-refractivity contribution in [1.29, 1.82) is 0 Å². The number of halogens is 3. The fourth-order valence-electron chi connectivity index (χ4n) is 2.62. The molecule has 1 fully saturated rings. The molecule has 2 rings (SSSR count). The van der Waals surface area contributed by atoms with Gasteiger partial charge in [-0.15, -0.1) is 24.8 Å². The van der Waals surface area contributed by atoms with Gasteiger partial charge in [0.1, 0.15) is 0 Å². The lowest BCUT2D eigenvalue weighted by Crippen LogP contribution is -2.44. The van der Waals surface area contributed by atoms with Crippen molar-refractivity contribution < 1.29 is 9.90 Å². The number of rotatable bonds is 5. The molecule has 22 heavy (non-hydrogen) atoms. The van der Waals surface area contributed by atoms with Gasteiger partial charge >= 0.3 is 0 Å². The summed E-state index contributed by atoms with van der Waals surface area (Å²) >= 11 is 5.83. The van der Waals surface area contributed by atoms with E-state index >= 15 is 0 Å². The van der Waals surface area contributed by atoms with Crippen molar-refractivity contribution in [1.82, 2.24) is 4.90 Å². The number of piperidine rings is 1. The minimum atomic E-state index is -0.196. The zero-order valence-electron chi connectivity index (χ0n) is 12.3. The average molecular weight is 370 g/mol. The monoisotopic (exact) mass is 368 g/mol. The number of hydrogen-bond donors (Lipinski definition) is 2. The van der Waals surface area contributed by atoms with E-state index in [4.69, 9.17) is 22.4 Å². The van der Waals surface area contributed by atoms with Gasteiger partial charge in [-0.2, -0.15) is 0 Å². The molecule has 0 unspecified atom stereocenters. The maximum atomic E-state index is 12.4. The maximum Gasteiger partial charge on any atom is 0.166 e. The summed E-state index contributed by atoms with van der Waals surface area (Å²) in [6, 6.07) is 6.89. The molecule has 0 saturated carbocycles. The summed E-state index contributed by atoms with van der Waals surface area (Å²) < 4.78 is 0. The van der Waals surface area contributed by atoms with Crippen molar-refractivity contribution >= 4 is 42.2 Å². The minimum Gasteiger partial charge on any atom is -0.395 e. The van der Waals surface area contributed by atoms with Crippen LogP contribution in [0.25, 0.3) is 0 Å². The molecule has 0 amide bonds. The third kappa shape index (κ3) is 6.03. The highest BCUT2D eigenvalue weighted by Crippen LogP contribution is 2.22. The Kier molecular flexibility index (Phi) is 10.3. The number of likely N-dealkylation sites (tertiary alicyclic amines) is 1. The molecule has 0 aromatic heterocycles. The Morgan fingerprint density at radius 3 is 2.32 bits per heavy atom. The smallest absolute Gasteiger partial charge is 0.166 e. The second kappa shape index (κ2) is 10.4. The van der Waals surface area contributed by atoms with Gasteiger partial charge in [-0.05, 0) is 50.2 Å². The molecule has 4 nitrogen and oxygen atoms in total. The summed E-state index contributed by atoms with van der Waals surface area (Å²) in [4.78, 5) is 14.6. The van der Waals surface area contributed by atoms with E-state index in [9.17, 15) is 4.79 Å². The summed E-state index contributed by atoms with van der Waals surface area (Å²) in [5.74, 6) is 0.283. The van der Waals surface area contributed by atoms with Crippen molar-refractivity contribution in [3.8, 4) is 0 Å². The van der Waals surface area contributed by atoms with Gasteiger partial charge in [0.05, 0.1) is 6.61 Å². The molecule has 3 N–H and O–H groups in total. The highest BCUT2D eigenvalue weighted by Gasteiger charge is 2.26. The quantitative estimate of drug-likeness (QED) is 0.782. The second-order valence-corrected chi connectivity index (χ2v) is 5.83. The summed E-state index contributed by atoms with van der Waals surface area (Å²) in [5, 5.41) is 9.61. The molecule has 7 heteroatoms. The van der Waals surface area contributed by atoms with Crippen molar-refractivity contribution in [2.75, 3.05) is 26.2 Å². The van der Waals surface area contributed by atoms with Crippen LogP contribution < -0.4 is 5.73 Å². The van der Waals surface area contributed by atoms with E-state index in [1.54, 1.807) is 24.3 Å². The minimum absolute atomic E-state index is 0. The number of hydrogen-bond acceptors (Lipinski definition) is 4. The van der Waals surface area contributed by atoms with Gasteiger partial charge < -0.3 is 15.7 Å². The number of benzene rings is 1. The molecule has 0 aliphatic carbocycles. The lowest BCUT2D eigenvalue weighted by atomic mass is 9.89. The largest absolute Gasteiger partial charge is 0.395 e. The van der Waals surface area contributed by atoms with Crippen molar-refractivity contribution in [3.63, 3.8) is 0 Å². The van der Waals surface area contributed by atoms with Gasteiger partial charge in [0.25, 0.3) is 0 Å². The Labute approximate surface area is 148 Å². The van der Waals surface area contributed by atoms with E-state index in [1.807, 2.05) is 0 Å². The molecule has 126 valence electrons. The predicted octanol–water partition coefficient (Wildman–Crippen LogP) is 2.40. The molecule has 0 bridgehead atoms. The van der Waals surface area contributed by atoms with Crippen LogP contribution in [-0.2, 0) is 0 Å². The zero-order valence-corrected chi connectivity index (χ0v) is 14.7. The van der Waals surface area contributed by atoms with E-state index in [1.165, 1.54) is 0 Å². The van der Waals surface area contributed by atoms with Crippen LogP contribution >= 0.6 is 36.4 Å². The van der Waals surface area contributed by atoms with Crippen molar-refractivity contribution in [2.24, 2.45) is 11.7 Å². The Bertz CT molecular complexity index is 449. The van der Waals surface area contributed by atoms with Gasteiger partial charge in [0.15, 0.2) is 5.78 Å². The van der Waals surface area contributed by atoms with E-state index in [0.717, 1.165) is 31.5 Å². The number of aliphatic hydroxyl groups excluding tert-OH is 1. The molecule has 1 aromatic rings. The third-order valence-electron chi connectivity index (χ3n) is 3.81. The van der Waals surface area contributed by atoms with Crippen LogP contribution in [0.3, 0.4) is 0 Å². The van der Waals surface area contributed by atoms with E-state index in [2.05, 4.69) is 4.90 Å². The molecule has 1 aromatic carbocycles. The van der Waals surface area contributed by atoms with Crippen LogP contribution in [0.2, 0.25) is 5.02 Å². The third-order valence-corrected chi connectivity index (χ3v) is 4.07. The van der Waals surface area contributed by atoms with Crippen LogP contribution in [0, 0.1) is 5.92 Å². The fraction of sp³-hybridized carbons (Fsp3) is 0.533. The van der Waals surface area contributed by atoms with Gasteiger partial charge in [-0.25, -0.2) is 0 Å². The molecule has 1 saturated heterocycles. The summed E-state index contributed by atoms with van der Waals surface area (Å²) in [6.45, 7) is 2.41. The van der Waals surface area contributed by atoms with Gasteiger partial charge in [0.2, 0.25) is 0 Å². The molecular formula is C15H23Cl3N2O2. The van der Waals surface area contributed by atoms with Gasteiger partial charge in [-0.1, -0.05) is 11.6 Å². The normalized spacial score (nSPS) is 17.2. The number of nitrogens with two attached hydrogens (primary N) is 1.